The highest BCUT2D eigenvalue weighted by Gasteiger charge is 2.38. The summed E-state index contributed by atoms with van der Waals surface area (Å²) in [6.45, 7) is -0.0456. The summed E-state index contributed by atoms with van der Waals surface area (Å²) < 4.78 is 5.14. The summed E-state index contributed by atoms with van der Waals surface area (Å²) in [5.74, 6) is 0. The number of ether oxygens (including phenoxy) is 1. The van der Waals surface area contributed by atoms with Crippen LogP contribution in [0.4, 0.5) is 0 Å². The van der Waals surface area contributed by atoms with Gasteiger partial charge in [-0.15, -0.1) is 0 Å². The van der Waals surface area contributed by atoms with Gasteiger partial charge in [-0.2, -0.15) is 0 Å². The Morgan fingerprint density at radius 2 is 2.00 bits per heavy atom. The van der Waals surface area contributed by atoms with Gasteiger partial charge in [0.1, 0.15) is 18.3 Å². The Labute approximate surface area is 99.0 Å². The van der Waals surface area contributed by atoms with Crippen LogP contribution in [0.25, 0.3) is 0 Å². The van der Waals surface area contributed by atoms with Crippen molar-refractivity contribution in [3.63, 3.8) is 0 Å². The molecule has 0 bridgehead atoms. The Bertz CT molecular complexity index is 255. The fourth-order valence-corrected chi connectivity index (χ4v) is 1.39. The van der Waals surface area contributed by atoms with Crippen LogP contribution in [0, 0.1) is 0 Å². The summed E-state index contributed by atoms with van der Waals surface area (Å²) in [6.07, 6.45) is -4.34. The SMILES string of the molecule is CNC(=S)N(C)N[C@@H]1OC[C@H](O)[C@H](O)[C@@H]1O. The number of rotatable bonds is 2. The second-order valence-corrected chi connectivity index (χ2v) is 3.93. The van der Waals surface area contributed by atoms with Crippen molar-refractivity contribution < 1.29 is 20.1 Å². The van der Waals surface area contributed by atoms with Crippen molar-refractivity contribution in [1.82, 2.24) is 15.8 Å². The van der Waals surface area contributed by atoms with Gasteiger partial charge in [0.2, 0.25) is 0 Å². The van der Waals surface area contributed by atoms with Gasteiger partial charge in [0.15, 0.2) is 11.3 Å². The molecule has 8 heteroatoms. The van der Waals surface area contributed by atoms with Crippen molar-refractivity contribution in [2.75, 3.05) is 20.7 Å². The molecule has 0 aromatic carbocycles. The summed E-state index contributed by atoms with van der Waals surface area (Å²) in [5, 5.41) is 32.9. The van der Waals surface area contributed by atoms with Gasteiger partial charge in [0.25, 0.3) is 0 Å². The second kappa shape index (κ2) is 5.71. The zero-order chi connectivity index (χ0) is 12.3. The van der Waals surface area contributed by atoms with Gasteiger partial charge in [-0.1, -0.05) is 0 Å². The average Bonchev–Trinajstić information content (AvgIpc) is 2.28. The van der Waals surface area contributed by atoms with Gasteiger partial charge in [-0.25, -0.2) is 5.43 Å². The third kappa shape index (κ3) is 3.00. The average molecular weight is 251 g/mol. The number of aliphatic hydroxyl groups is 3. The highest BCUT2D eigenvalue weighted by Crippen LogP contribution is 2.13. The molecule has 0 aromatic rings. The van der Waals surface area contributed by atoms with Crippen LogP contribution in [-0.2, 0) is 4.74 Å². The summed E-state index contributed by atoms with van der Waals surface area (Å²) in [7, 11) is 3.31. The van der Waals surface area contributed by atoms with E-state index in [1.165, 1.54) is 5.01 Å². The molecule has 4 atom stereocenters. The van der Waals surface area contributed by atoms with Gasteiger partial charge >= 0.3 is 0 Å². The molecule has 94 valence electrons. The van der Waals surface area contributed by atoms with Crippen LogP contribution in [0.5, 0.6) is 0 Å². The van der Waals surface area contributed by atoms with E-state index in [1.807, 2.05) is 0 Å². The summed E-state index contributed by atoms with van der Waals surface area (Å²) in [6, 6.07) is 0. The van der Waals surface area contributed by atoms with Crippen molar-refractivity contribution in [3.05, 3.63) is 0 Å². The van der Waals surface area contributed by atoms with Gasteiger partial charge < -0.3 is 25.4 Å². The number of hydrogen-bond donors (Lipinski definition) is 5. The second-order valence-electron chi connectivity index (χ2n) is 3.55. The minimum Gasteiger partial charge on any atom is -0.388 e. The lowest BCUT2D eigenvalue weighted by molar-refractivity contribution is -0.203. The van der Waals surface area contributed by atoms with E-state index in [0.717, 1.165) is 0 Å². The first-order chi connectivity index (χ1) is 7.47. The molecule has 7 nitrogen and oxygen atoms in total. The van der Waals surface area contributed by atoms with Gasteiger partial charge in [-0.05, 0) is 12.2 Å². The van der Waals surface area contributed by atoms with Crippen LogP contribution in [0.2, 0.25) is 0 Å². The molecule has 0 aromatic heterocycles. The smallest absolute Gasteiger partial charge is 0.183 e. The van der Waals surface area contributed by atoms with Gasteiger partial charge in [0, 0.05) is 14.1 Å². The molecule has 1 rings (SSSR count). The molecule has 1 aliphatic rings. The van der Waals surface area contributed by atoms with Crippen LogP contribution in [0.15, 0.2) is 0 Å². The number of nitrogens with one attached hydrogen (secondary N) is 2. The van der Waals surface area contributed by atoms with E-state index in [9.17, 15) is 15.3 Å². The fourth-order valence-electron chi connectivity index (χ4n) is 1.34. The summed E-state index contributed by atoms with van der Waals surface area (Å²) >= 11 is 4.94. The zero-order valence-corrected chi connectivity index (χ0v) is 9.94. The Morgan fingerprint density at radius 1 is 1.38 bits per heavy atom. The highest BCUT2D eigenvalue weighted by atomic mass is 32.1. The van der Waals surface area contributed by atoms with Crippen molar-refractivity contribution in [2.45, 2.75) is 24.5 Å². The maximum absolute atomic E-state index is 9.62. The van der Waals surface area contributed by atoms with E-state index in [-0.39, 0.29) is 6.61 Å². The Balaban J connectivity index is 2.51. The number of hydrogen-bond acceptors (Lipinski definition) is 6. The molecule has 0 spiro atoms. The maximum Gasteiger partial charge on any atom is 0.183 e. The van der Waals surface area contributed by atoms with Crippen LogP contribution >= 0.6 is 12.2 Å². The number of hydrazine groups is 1. The predicted molar refractivity (Wildman–Crippen MR) is 60.3 cm³/mol. The monoisotopic (exact) mass is 251 g/mol. The van der Waals surface area contributed by atoms with Crippen LogP contribution in [-0.4, -0.2) is 70.7 Å². The molecular formula is C8H17N3O4S. The van der Waals surface area contributed by atoms with Crippen molar-refractivity contribution >= 4 is 17.3 Å². The lowest BCUT2D eigenvalue weighted by Gasteiger charge is -2.37. The first-order valence-corrected chi connectivity index (χ1v) is 5.25. The third-order valence-electron chi connectivity index (χ3n) is 2.34. The summed E-state index contributed by atoms with van der Waals surface area (Å²) in [4.78, 5) is 0. The largest absolute Gasteiger partial charge is 0.388 e. The Morgan fingerprint density at radius 3 is 2.56 bits per heavy atom. The molecule has 0 unspecified atom stereocenters. The van der Waals surface area contributed by atoms with Crippen LogP contribution in [0.3, 0.4) is 0 Å². The fraction of sp³-hybridized carbons (Fsp3) is 0.875. The van der Waals surface area contributed by atoms with E-state index in [1.54, 1.807) is 14.1 Å². The lowest BCUT2D eigenvalue weighted by atomic mass is 10.0. The molecule has 16 heavy (non-hydrogen) atoms. The van der Waals surface area contributed by atoms with E-state index in [4.69, 9.17) is 17.0 Å². The van der Waals surface area contributed by atoms with E-state index < -0.39 is 24.5 Å². The van der Waals surface area contributed by atoms with Crippen molar-refractivity contribution in [1.29, 1.82) is 0 Å². The van der Waals surface area contributed by atoms with Crippen LogP contribution in [0.1, 0.15) is 0 Å². The minimum absolute atomic E-state index is 0.0456. The van der Waals surface area contributed by atoms with Gasteiger partial charge in [-0.3, -0.25) is 5.01 Å². The first-order valence-electron chi connectivity index (χ1n) is 4.84. The number of aliphatic hydroxyl groups excluding tert-OH is 3. The third-order valence-corrected chi connectivity index (χ3v) is 2.82. The molecule has 1 heterocycles. The van der Waals surface area contributed by atoms with E-state index >= 15 is 0 Å². The van der Waals surface area contributed by atoms with Crippen molar-refractivity contribution in [3.8, 4) is 0 Å². The molecule has 1 fully saturated rings. The molecule has 0 aliphatic carbocycles. The van der Waals surface area contributed by atoms with Crippen LogP contribution < -0.4 is 10.7 Å². The molecule has 5 N–H and O–H groups in total. The van der Waals surface area contributed by atoms with Crippen molar-refractivity contribution in [2.24, 2.45) is 0 Å². The number of thiocarbonyl (C=S) groups is 1. The first kappa shape index (κ1) is 13.6. The predicted octanol–water partition coefficient (Wildman–Crippen LogP) is -2.63. The molecule has 1 aliphatic heterocycles. The lowest BCUT2D eigenvalue weighted by Crippen LogP contribution is -2.62. The molecule has 0 radical (unpaired) electrons. The van der Waals surface area contributed by atoms with E-state index in [0.29, 0.717) is 5.11 Å². The maximum atomic E-state index is 9.62. The van der Waals surface area contributed by atoms with E-state index in [2.05, 4.69) is 10.7 Å². The Hall–Kier alpha value is -0.510. The standard InChI is InChI=1S/C8H17N3O4S/c1-9-8(16)11(2)10-7-6(14)5(13)4(12)3-15-7/h4-7,10,12-14H,3H2,1-2H3,(H,9,16)/t4-,5-,6-,7+/m0/s1. The molecule has 1 saturated heterocycles. The number of nitrogens with zero attached hydrogens (tertiary/aromatic N) is 1. The minimum atomic E-state index is -1.23. The molecular weight excluding hydrogens is 234 g/mol. The topological polar surface area (TPSA) is 97.2 Å². The quantitative estimate of drug-likeness (QED) is 0.269. The van der Waals surface area contributed by atoms with Gasteiger partial charge in [0.05, 0.1) is 6.61 Å². The summed E-state index contributed by atoms with van der Waals surface area (Å²) in [5.41, 5.74) is 2.76. The molecule has 0 amide bonds. The molecule has 0 saturated carbocycles. The zero-order valence-electron chi connectivity index (χ0n) is 9.12. The highest BCUT2D eigenvalue weighted by molar-refractivity contribution is 7.80. The normalized spacial score (nSPS) is 34.6. The Kier molecular flexibility index (Phi) is 4.84.